The van der Waals surface area contributed by atoms with Crippen molar-refractivity contribution < 1.29 is 22.7 Å². The molecule has 2 aromatic heterocycles. The number of rotatable bonds is 5. The maximum Gasteiger partial charge on any atom is 0.421 e. The minimum absolute atomic E-state index is 0.0395. The SMILES string of the molecule is C[C@@H]1CN(C(=O)O[C@@H](C)Cc2c[nH]c(=O)c(C(F)(F)F)c2)C[C@H](C)N1c1ncc(C2CC2)cn1. The van der Waals surface area contributed by atoms with E-state index in [4.69, 9.17) is 4.74 Å². The fourth-order valence-electron chi connectivity index (χ4n) is 4.44. The van der Waals surface area contributed by atoms with Crippen molar-refractivity contribution in [1.29, 1.82) is 0 Å². The molecular weight excluding hydrogens is 451 g/mol. The monoisotopic (exact) mass is 479 g/mol. The minimum Gasteiger partial charge on any atom is -0.446 e. The number of nitrogens with zero attached hydrogens (tertiary/aromatic N) is 4. The van der Waals surface area contributed by atoms with Gasteiger partial charge in [-0.15, -0.1) is 0 Å². The molecule has 2 fully saturated rings. The first-order valence-electron chi connectivity index (χ1n) is 11.4. The summed E-state index contributed by atoms with van der Waals surface area (Å²) >= 11 is 0. The van der Waals surface area contributed by atoms with Crippen LogP contribution in [0.2, 0.25) is 0 Å². The average Bonchev–Trinajstić information content (AvgIpc) is 3.59. The second-order valence-electron chi connectivity index (χ2n) is 9.25. The zero-order chi connectivity index (χ0) is 24.6. The molecule has 8 nitrogen and oxygen atoms in total. The van der Waals surface area contributed by atoms with Gasteiger partial charge in [0.25, 0.3) is 5.56 Å². The molecule has 1 aliphatic heterocycles. The maximum absolute atomic E-state index is 13.0. The number of alkyl halides is 3. The smallest absolute Gasteiger partial charge is 0.421 e. The molecule has 1 saturated carbocycles. The molecule has 0 radical (unpaired) electrons. The van der Waals surface area contributed by atoms with Crippen LogP contribution >= 0.6 is 0 Å². The molecule has 1 amide bonds. The summed E-state index contributed by atoms with van der Waals surface area (Å²) in [6.07, 6.45) is 1.40. The Morgan fingerprint density at radius 2 is 1.82 bits per heavy atom. The first-order valence-corrected chi connectivity index (χ1v) is 11.4. The Bertz CT molecular complexity index is 1070. The van der Waals surface area contributed by atoms with Crippen molar-refractivity contribution in [3.05, 3.63) is 51.7 Å². The third-order valence-electron chi connectivity index (χ3n) is 6.21. The van der Waals surface area contributed by atoms with E-state index in [0.29, 0.717) is 25.0 Å². The second-order valence-corrected chi connectivity index (χ2v) is 9.25. The third-order valence-corrected chi connectivity index (χ3v) is 6.21. The number of H-pyrrole nitrogens is 1. The second kappa shape index (κ2) is 9.27. The molecule has 2 aliphatic rings. The summed E-state index contributed by atoms with van der Waals surface area (Å²) in [5.74, 6) is 1.21. The molecular formula is C23H28F3N5O3. The van der Waals surface area contributed by atoms with Crippen LogP contribution in [0.5, 0.6) is 0 Å². The van der Waals surface area contributed by atoms with Gasteiger partial charge in [-0.25, -0.2) is 14.8 Å². The maximum atomic E-state index is 13.0. The van der Waals surface area contributed by atoms with E-state index >= 15 is 0 Å². The van der Waals surface area contributed by atoms with Crippen LogP contribution in [0.3, 0.4) is 0 Å². The average molecular weight is 480 g/mol. The number of aromatic amines is 1. The van der Waals surface area contributed by atoms with E-state index in [2.05, 4.69) is 19.9 Å². The van der Waals surface area contributed by atoms with Gasteiger partial charge in [-0.3, -0.25) is 4.79 Å². The van der Waals surface area contributed by atoms with Crippen LogP contribution in [-0.4, -0.2) is 57.2 Å². The van der Waals surface area contributed by atoms with Crippen LogP contribution < -0.4 is 10.5 Å². The number of carbonyl (C=O) groups is 1. The summed E-state index contributed by atoms with van der Waals surface area (Å²) in [4.78, 5) is 39.0. The fourth-order valence-corrected chi connectivity index (χ4v) is 4.44. The summed E-state index contributed by atoms with van der Waals surface area (Å²) in [5.41, 5.74) is -1.08. The molecule has 1 N–H and O–H groups in total. The van der Waals surface area contributed by atoms with Crippen molar-refractivity contribution in [2.45, 2.75) is 70.3 Å². The molecule has 3 heterocycles. The van der Waals surface area contributed by atoms with Crippen LogP contribution in [0.15, 0.2) is 29.5 Å². The molecule has 34 heavy (non-hydrogen) atoms. The zero-order valence-electron chi connectivity index (χ0n) is 19.3. The lowest BCUT2D eigenvalue weighted by Gasteiger charge is -2.44. The molecule has 0 aromatic carbocycles. The van der Waals surface area contributed by atoms with Crippen LogP contribution in [0.4, 0.5) is 23.9 Å². The minimum atomic E-state index is -4.75. The Hall–Kier alpha value is -3.11. The third kappa shape index (κ3) is 5.34. The molecule has 2 aromatic rings. The van der Waals surface area contributed by atoms with Crippen molar-refractivity contribution in [3.8, 4) is 0 Å². The topological polar surface area (TPSA) is 91.4 Å². The summed E-state index contributed by atoms with van der Waals surface area (Å²) < 4.78 is 44.4. The van der Waals surface area contributed by atoms with Gasteiger partial charge in [0.2, 0.25) is 5.95 Å². The van der Waals surface area contributed by atoms with Crippen molar-refractivity contribution >= 4 is 12.0 Å². The number of amides is 1. The van der Waals surface area contributed by atoms with E-state index in [1.54, 1.807) is 11.8 Å². The molecule has 3 atom stereocenters. The molecule has 1 saturated heterocycles. The number of piperazine rings is 1. The highest BCUT2D eigenvalue weighted by Gasteiger charge is 2.36. The molecule has 0 bridgehead atoms. The molecule has 0 unspecified atom stereocenters. The van der Waals surface area contributed by atoms with E-state index in [9.17, 15) is 22.8 Å². The summed E-state index contributed by atoms with van der Waals surface area (Å²) in [5, 5.41) is 0. The van der Waals surface area contributed by atoms with Crippen molar-refractivity contribution in [3.63, 3.8) is 0 Å². The number of nitrogens with one attached hydrogen (secondary N) is 1. The summed E-state index contributed by atoms with van der Waals surface area (Å²) in [6.45, 7) is 6.38. The largest absolute Gasteiger partial charge is 0.446 e. The zero-order valence-corrected chi connectivity index (χ0v) is 19.3. The lowest BCUT2D eigenvalue weighted by molar-refractivity contribution is -0.138. The van der Waals surface area contributed by atoms with Crippen LogP contribution in [0, 0.1) is 0 Å². The van der Waals surface area contributed by atoms with Crippen molar-refractivity contribution in [2.24, 2.45) is 0 Å². The van der Waals surface area contributed by atoms with E-state index < -0.39 is 29.5 Å². The molecule has 1 aliphatic carbocycles. The predicted octanol–water partition coefficient (Wildman–Crippen LogP) is 3.73. The van der Waals surface area contributed by atoms with Gasteiger partial charge in [0.05, 0.1) is 0 Å². The Labute approximate surface area is 195 Å². The molecule has 0 spiro atoms. The van der Waals surface area contributed by atoms with Gasteiger partial charge in [-0.1, -0.05) is 0 Å². The van der Waals surface area contributed by atoms with E-state index in [1.165, 1.54) is 19.0 Å². The summed E-state index contributed by atoms with van der Waals surface area (Å²) in [6, 6.07) is 0.694. The van der Waals surface area contributed by atoms with E-state index in [0.717, 1.165) is 11.6 Å². The van der Waals surface area contributed by atoms with Crippen molar-refractivity contribution in [2.75, 3.05) is 18.0 Å². The Balaban J connectivity index is 1.35. The normalized spacial score (nSPS) is 21.9. The number of halogens is 3. The number of pyridine rings is 1. The Kier molecular flexibility index (Phi) is 6.55. The molecule has 11 heteroatoms. The first-order chi connectivity index (χ1) is 16.0. The van der Waals surface area contributed by atoms with Gasteiger partial charge in [0, 0.05) is 50.2 Å². The van der Waals surface area contributed by atoms with Crippen molar-refractivity contribution in [1.82, 2.24) is 19.9 Å². The van der Waals surface area contributed by atoms with E-state index in [-0.39, 0.29) is 24.1 Å². The Morgan fingerprint density at radius 3 is 2.38 bits per heavy atom. The van der Waals surface area contributed by atoms with E-state index in [1.807, 2.05) is 26.2 Å². The van der Waals surface area contributed by atoms with Gasteiger partial charge < -0.3 is 19.5 Å². The molecule has 4 rings (SSSR count). The van der Waals surface area contributed by atoms with Gasteiger partial charge >= 0.3 is 12.3 Å². The lowest BCUT2D eigenvalue weighted by atomic mass is 10.1. The number of anilines is 1. The highest BCUT2D eigenvalue weighted by atomic mass is 19.4. The number of hydrogen-bond donors (Lipinski definition) is 1. The van der Waals surface area contributed by atoms with Crippen LogP contribution in [0.25, 0.3) is 0 Å². The highest BCUT2D eigenvalue weighted by Crippen LogP contribution is 2.39. The number of hydrogen-bond acceptors (Lipinski definition) is 6. The van der Waals surface area contributed by atoms with Crippen LogP contribution in [0.1, 0.15) is 56.2 Å². The van der Waals surface area contributed by atoms with Gasteiger partial charge in [0.15, 0.2) is 0 Å². The quantitative estimate of drug-likeness (QED) is 0.703. The van der Waals surface area contributed by atoms with Gasteiger partial charge in [0.1, 0.15) is 11.7 Å². The lowest BCUT2D eigenvalue weighted by Crippen LogP contribution is -2.59. The number of aromatic nitrogens is 3. The summed E-state index contributed by atoms with van der Waals surface area (Å²) in [7, 11) is 0. The first kappa shape index (κ1) is 24.0. The fraction of sp³-hybridized carbons (Fsp3) is 0.565. The van der Waals surface area contributed by atoms with Gasteiger partial charge in [-0.2, -0.15) is 13.2 Å². The Morgan fingerprint density at radius 1 is 1.21 bits per heavy atom. The highest BCUT2D eigenvalue weighted by molar-refractivity contribution is 5.68. The van der Waals surface area contributed by atoms with Crippen LogP contribution in [-0.2, 0) is 17.3 Å². The predicted molar refractivity (Wildman–Crippen MR) is 119 cm³/mol. The molecule has 184 valence electrons. The number of carbonyl (C=O) groups excluding carboxylic acids is 1. The number of ether oxygens (including phenoxy) is 1. The standard InChI is InChI=1S/C23H28F3N5O3/c1-13-11-30(12-14(2)31(13)21-28-9-18(10-29-21)17-4-5-17)22(33)34-15(3)6-16-7-19(23(24,25)26)20(32)27-8-16/h7-10,13-15,17H,4-6,11-12H2,1-3H3,(H,27,32)/t13-,14+,15-/m0/s1. The van der Waals surface area contributed by atoms with Gasteiger partial charge in [-0.05, 0) is 56.7 Å².